The molecule has 0 amide bonds. The summed E-state index contributed by atoms with van der Waals surface area (Å²) in [6.07, 6.45) is 0.667. The zero-order valence-electron chi connectivity index (χ0n) is 10.4. The molecule has 1 aliphatic carbocycles. The van der Waals surface area contributed by atoms with Gasteiger partial charge in [-0.3, -0.25) is 4.79 Å². The first-order valence-electron chi connectivity index (χ1n) is 6.24. The van der Waals surface area contributed by atoms with Crippen molar-refractivity contribution in [1.29, 1.82) is 0 Å². The molecule has 18 heavy (non-hydrogen) atoms. The Balaban J connectivity index is 1.97. The smallest absolute Gasteiger partial charge is 0.201 e. The summed E-state index contributed by atoms with van der Waals surface area (Å²) >= 11 is 0. The Morgan fingerprint density at radius 1 is 1.22 bits per heavy atom. The van der Waals surface area contributed by atoms with Gasteiger partial charge in [-0.25, -0.2) is 0 Å². The number of epoxide rings is 1. The van der Waals surface area contributed by atoms with Crippen molar-refractivity contribution in [3.8, 4) is 0 Å². The van der Waals surface area contributed by atoms with E-state index >= 15 is 0 Å². The zero-order valence-corrected chi connectivity index (χ0v) is 10.4. The monoisotopic (exact) mass is 242 g/mol. The van der Waals surface area contributed by atoms with Crippen LogP contribution in [0, 0.1) is 0 Å². The SMILES string of the molecule is CC1(C)CC2=C(O1)c1ccccc1C1(CO1)C2=O. The minimum Gasteiger partial charge on any atom is -0.486 e. The molecule has 3 heteroatoms. The molecular weight excluding hydrogens is 228 g/mol. The van der Waals surface area contributed by atoms with Crippen LogP contribution in [0.5, 0.6) is 0 Å². The van der Waals surface area contributed by atoms with Crippen LogP contribution in [0.3, 0.4) is 0 Å². The van der Waals surface area contributed by atoms with E-state index in [1.807, 2.05) is 38.1 Å². The van der Waals surface area contributed by atoms with E-state index in [4.69, 9.17) is 9.47 Å². The summed E-state index contributed by atoms with van der Waals surface area (Å²) in [4.78, 5) is 12.6. The summed E-state index contributed by atoms with van der Waals surface area (Å²) in [6.45, 7) is 4.53. The predicted octanol–water partition coefficient (Wildman–Crippen LogP) is 2.40. The second-order valence-corrected chi connectivity index (χ2v) is 5.84. The molecular formula is C15H14O3. The van der Waals surface area contributed by atoms with E-state index in [-0.39, 0.29) is 11.4 Å². The number of ketones is 1. The van der Waals surface area contributed by atoms with Crippen molar-refractivity contribution in [2.45, 2.75) is 31.5 Å². The number of fused-ring (bicyclic) bond motifs is 3. The Morgan fingerprint density at radius 3 is 2.67 bits per heavy atom. The van der Waals surface area contributed by atoms with Crippen LogP contribution in [0.4, 0.5) is 0 Å². The molecule has 1 fully saturated rings. The van der Waals surface area contributed by atoms with Crippen LogP contribution >= 0.6 is 0 Å². The van der Waals surface area contributed by atoms with E-state index in [0.29, 0.717) is 13.0 Å². The molecule has 0 saturated carbocycles. The Hall–Kier alpha value is -1.61. The van der Waals surface area contributed by atoms with Crippen LogP contribution in [0.15, 0.2) is 29.8 Å². The molecule has 2 heterocycles. The van der Waals surface area contributed by atoms with Crippen molar-refractivity contribution in [2.24, 2.45) is 0 Å². The lowest BCUT2D eigenvalue weighted by molar-refractivity contribution is -0.121. The highest BCUT2D eigenvalue weighted by atomic mass is 16.6. The molecule has 0 aromatic heterocycles. The second-order valence-electron chi connectivity index (χ2n) is 5.84. The van der Waals surface area contributed by atoms with E-state index in [1.54, 1.807) is 0 Å². The molecule has 2 aliphatic heterocycles. The average Bonchev–Trinajstić information content (AvgIpc) is 3.06. The lowest BCUT2D eigenvalue weighted by Gasteiger charge is -2.23. The number of carbonyl (C=O) groups excluding carboxylic acids is 1. The third-order valence-electron chi connectivity index (χ3n) is 3.94. The van der Waals surface area contributed by atoms with Crippen LogP contribution in [0.2, 0.25) is 0 Å². The van der Waals surface area contributed by atoms with Crippen molar-refractivity contribution in [3.63, 3.8) is 0 Å². The number of hydrogen-bond acceptors (Lipinski definition) is 3. The lowest BCUT2D eigenvalue weighted by atomic mass is 9.80. The standard InChI is InChI=1S/C15H14O3/c1-14(2)7-10-12(18-14)9-5-3-4-6-11(9)15(8-17-15)13(10)16/h3-6H,7-8H2,1-2H3. The van der Waals surface area contributed by atoms with Crippen LogP contribution in [-0.4, -0.2) is 18.0 Å². The maximum absolute atomic E-state index is 12.6. The highest BCUT2D eigenvalue weighted by Crippen LogP contribution is 2.53. The molecule has 0 bridgehead atoms. The van der Waals surface area contributed by atoms with Crippen molar-refractivity contribution in [3.05, 3.63) is 41.0 Å². The molecule has 1 aromatic rings. The zero-order chi connectivity index (χ0) is 12.5. The van der Waals surface area contributed by atoms with Gasteiger partial charge in [-0.1, -0.05) is 24.3 Å². The Labute approximate surface area is 105 Å². The van der Waals surface area contributed by atoms with Gasteiger partial charge >= 0.3 is 0 Å². The normalized spacial score (nSPS) is 31.1. The minimum absolute atomic E-state index is 0.0989. The summed E-state index contributed by atoms with van der Waals surface area (Å²) in [7, 11) is 0. The topological polar surface area (TPSA) is 38.8 Å². The molecule has 1 unspecified atom stereocenters. The molecule has 1 aromatic carbocycles. The first-order valence-corrected chi connectivity index (χ1v) is 6.24. The van der Waals surface area contributed by atoms with Crippen molar-refractivity contribution < 1.29 is 14.3 Å². The molecule has 1 spiro atoms. The van der Waals surface area contributed by atoms with Gasteiger partial charge < -0.3 is 9.47 Å². The number of hydrogen-bond donors (Lipinski definition) is 0. The largest absolute Gasteiger partial charge is 0.486 e. The molecule has 3 aliphatic rings. The summed E-state index contributed by atoms with van der Waals surface area (Å²) < 4.78 is 11.5. The van der Waals surface area contributed by atoms with E-state index < -0.39 is 5.60 Å². The molecule has 0 radical (unpaired) electrons. The summed E-state index contributed by atoms with van der Waals surface area (Å²) in [5.41, 5.74) is 1.80. The molecule has 0 N–H and O–H groups in total. The minimum atomic E-state index is -0.695. The third kappa shape index (κ3) is 1.10. The second kappa shape index (κ2) is 2.86. The quantitative estimate of drug-likeness (QED) is 0.656. The number of ether oxygens (including phenoxy) is 2. The molecule has 92 valence electrons. The van der Waals surface area contributed by atoms with Crippen LogP contribution in [-0.2, 0) is 19.9 Å². The highest BCUT2D eigenvalue weighted by molar-refractivity contribution is 6.12. The number of rotatable bonds is 0. The summed E-state index contributed by atoms with van der Waals surface area (Å²) in [5, 5.41) is 0. The van der Waals surface area contributed by atoms with Gasteiger partial charge in [0.05, 0.1) is 6.61 Å². The summed E-state index contributed by atoms with van der Waals surface area (Å²) in [5.74, 6) is 0.864. The average molecular weight is 242 g/mol. The Morgan fingerprint density at radius 2 is 1.94 bits per heavy atom. The van der Waals surface area contributed by atoms with Gasteiger partial charge in [0.15, 0.2) is 5.60 Å². The van der Waals surface area contributed by atoms with Gasteiger partial charge in [0, 0.05) is 23.1 Å². The maximum atomic E-state index is 12.6. The van der Waals surface area contributed by atoms with Gasteiger partial charge in [0.2, 0.25) is 5.78 Å². The van der Waals surface area contributed by atoms with Crippen molar-refractivity contribution in [2.75, 3.05) is 6.61 Å². The molecule has 1 atom stereocenters. The Kier molecular flexibility index (Phi) is 1.64. The van der Waals surface area contributed by atoms with E-state index in [2.05, 4.69) is 0 Å². The number of carbonyl (C=O) groups is 1. The van der Waals surface area contributed by atoms with Crippen molar-refractivity contribution in [1.82, 2.24) is 0 Å². The van der Waals surface area contributed by atoms with E-state index in [9.17, 15) is 4.79 Å². The fourth-order valence-electron chi connectivity index (χ4n) is 3.04. The molecule has 3 nitrogen and oxygen atoms in total. The number of Topliss-reactive ketones (excluding diaryl/α,β-unsaturated/α-hetero) is 1. The fraction of sp³-hybridized carbons (Fsp3) is 0.400. The van der Waals surface area contributed by atoms with Crippen molar-refractivity contribution >= 4 is 11.5 Å². The highest BCUT2D eigenvalue weighted by Gasteiger charge is 2.60. The molecule has 4 rings (SSSR count). The molecule has 1 saturated heterocycles. The van der Waals surface area contributed by atoms with Gasteiger partial charge in [-0.2, -0.15) is 0 Å². The van der Waals surface area contributed by atoms with Gasteiger partial charge in [-0.05, 0) is 13.8 Å². The van der Waals surface area contributed by atoms with Gasteiger partial charge in [-0.15, -0.1) is 0 Å². The number of benzene rings is 1. The Bertz CT molecular complexity index is 606. The third-order valence-corrected chi connectivity index (χ3v) is 3.94. The van der Waals surface area contributed by atoms with Crippen LogP contribution < -0.4 is 0 Å². The predicted molar refractivity (Wildman–Crippen MR) is 65.8 cm³/mol. The maximum Gasteiger partial charge on any atom is 0.201 e. The van der Waals surface area contributed by atoms with Crippen LogP contribution in [0.1, 0.15) is 31.4 Å². The van der Waals surface area contributed by atoms with Gasteiger partial charge in [0.1, 0.15) is 11.4 Å². The van der Waals surface area contributed by atoms with Gasteiger partial charge in [0.25, 0.3) is 0 Å². The summed E-state index contributed by atoms with van der Waals surface area (Å²) in [6, 6.07) is 7.91. The first kappa shape index (κ1) is 10.3. The van der Waals surface area contributed by atoms with E-state index in [1.165, 1.54) is 0 Å². The first-order chi connectivity index (χ1) is 8.54. The van der Waals surface area contributed by atoms with Crippen LogP contribution in [0.25, 0.3) is 5.76 Å². The van der Waals surface area contributed by atoms with E-state index in [0.717, 1.165) is 22.5 Å². The lowest BCUT2D eigenvalue weighted by Crippen LogP contribution is -2.29. The fourth-order valence-corrected chi connectivity index (χ4v) is 3.04.